The van der Waals surface area contributed by atoms with Gasteiger partial charge in [-0.1, -0.05) is 29.8 Å². The molecule has 0 spiro atoms. The number of methoxy groups -OCH3 is 1. The van der Waals surface area contributed by atoms with Gasteiger partial charge in [0.2, 0.25) is 5.52 Å². The van der Waals surface area contributed by atoms with Crippen LogP contribution >= 0.6 is 0 Å². The number of nitrogens with zero attached hydrogens (tertiary/aromatic N) is 2. The molecule has 0 saturated heterocycles. The van der Waals surface area contributed by atoms with E-state index in [-0.39, 0.29) is 23.5 Å². The average Bonchev–Trinajstić information content (AvgIpc) is 2.66. The number of hydrogen-bond acceptors (Lipinski definition) is 6. The first-order valence-corrected chi connectivity index (χ1v) is 7.84. The Morgan fingerprint density at radius 3 is 2.46 bits per heavy atom. The number of carbonyl (C=O) groups excluding carboxylic acids is 2. The van der Waals surface area contributed by atoms with E-state index in [1.165, 1.54) is 7.11 Å². The highest BCUT2D eigenvalue weighted by Crippen LogP contribution is 2.14. The summed E-state index contributed by atoms with van der Waals surface area (Å²) in [5.41, 5.74) is 1.72. The van der Waals surface area contributed by atoms with Gasteiger partial charge in [-0.3, -0.25) is 0 Å². The molecule has 0 fully saturated rings. The second kappa shape index (κ2) is 7.18. The fourth-order valence-corrected chi connectivity index (χ4v) is 2.47. The van der Waals surface area contributed by atoms with Crippen molar-refractivity contribution >= 4 is 23.0 Å². The molecule has 0 radical (unpaired) electrons. The molecule has 0 unspecified atom stereocenters. The van der Waals surface area contributed by atoms with Gasteiger partial charge in [-0.05, 0) is 25.1 Å². The first-order valence-electron chi connectivity index (χ1n) is 7.84. The van der Waals surface area contributed by atoms with Crippen molar-refractivity contribution in [2.45, 2.75) is 13.5 Å². The summed E-state index contributed by atoms with van der Waals surface area (Å²) in [5.74, 6) is -1.42. The van der Waals surface area contributed by atoms with Crippen LogP contribution in [0, 0.1) is 12.1 Å². The average molecular weight is 352 g/mol. The Kier molecular flexibility index (Phi) is 4.79. The van der Waals surface area contributed by atoms with Crippen LogP contribution in [0.3, 0.4) is 0 Å². The van der Waals surface area contributed by atoms with E-state index >= 15 is 0 Å². The zero-order valence-electron chi connectivity index (χ0n) is 14.3. The number of ether oxygens (including phenoxy) is 2. The number of benzene rings is 2. The molecule has 0 aliphatic rings. The highest BCUT2D eigenvalue weighted by atomic mass is 16.5. The van der Waals surface area contributed by atoms with Gasteiger partial charge in [-0.2, -0.15) is 4.73 Å². The lowest BCUT2D eigenvalue weighted by Crippen LogP contribution is -2.38. The lowest BCUT2D eigenvalue weighted by Gasteiger charge is -2.11. The Morgan fingerprint density at radius 1 is 1.08 bits per heavy atom. The minimum Gasteiger partial charge on any atom is -0.618 e. The molecule has 3 rings (SSSR count). The number of para-hydroxylation sites is 2. The lowest BCUT2D eigenvalue weighted by atomic mass is 10.1. The molecule has 0 N–H and O–H groups in total. The van der Waals surface area contributed by atoms with Gasteiger partial charge in [0.15, 0.2) is 5.69 Å². The van der Waals surface area contributed by atoms with Crippen molar-refractivity contribution in [2.24, 2.45) is 0 Å². The van der Waals surface area contributed by atoms with Gasteiger partial charge in [0.05, 0.1) is 12.7 Å². The van der Waals surface area contributed by atoms with Crippen LogP contribution in [0.25, 0.3) is 11.0 Å². The van der Waals surface area contributed by atoms with Gasteiger partial charge in [-0.15, -0.1) is 0 Å². The lowest BCUT2D eigenvalue weighted by molar-refractivity contribution is -0.581. The molecule has 0 aliphatic carbocycles. The van der Waals surface area contributed by atoms with Crippen LogP contribution in [0.5, 0.6) is 0 Å². The van der Waals surface area contributed by atoms with E-state index < -0.39 is 11.9 Å². The van der Waals surface area contributed by atoms with Gasteiger partial charge in [0.1, 0.15) is 12.1 Å². The summed E-state index contributed by atoms with van der Waals surface area (Å²) in [4.78, 5) is 28.5. The summed E-state index contributed by atoms with van der Waals surface area (Å²) < 4.78 is 10.4. The molecule has 26 heavy (non-hydrogen) atoms. The topological polar surface area (TPSA) is 92.4 Å². The van der Waals surface area contributed by atoms with E-state index in [1.54, 1.807) is 48.5 Å². The molecular weight excluding hydrogens is 336 g/mol. The number of aryl methyl sites for hydroxylation is 1. The maximum atomic E-state index is 12.5. The fourth-order valence-electron chi connectivity index (χ4n) is 2.47. The van der Waals surface area contributed by atoms with E-state index in [9.17, 15) is 14.8 Å². The largest absolute Gasteiger partial charge is 0.618 e. The molecule has 2 aromatic carbocycles. The van der Waals surface area contributed by atoms with Crippen LogP contribution in [0.1, 0.15) is 32.1 Å². The van der Waals surface area contributed by atoms with Crippen molar-refractivity contribution in [1.82, 2.24) is 4.98 Å². The molecule has 0 saturated carbocycles. The van der Waals surface area contributed by atoms with Crippen LogP contribution in [0.15, 0.2) is 48.5 Å². The van der Waals surface area contributed by atoms with Crippen LogP contribution in [0.4, 0.5) is 0 Å². The van der Waals surface area contributed by atoms with E-state index in [0.29, 0.717) is 15.8 Å². The van der Waals surface area contributed by atoms with Crippen molar-refractivity contribution in [3.8, 4) is 0 Å². The Morgan fingerprint density at radius 2 is 1.77 bits per heavy atom. The standard InChI is InChI=1S/C19H16N2O5/c1-12-7-9-13(10-8-12)18(22)26-11-15-17(19(23)25-2)21(24)16-6-4-3-5-14(16)20-15/h3-10H,11H2,1-2H3. The zero-order chi connectivity index (χ0) is 18.7. The van der Waals surface area contributed by atoms with Crippen molar-refractivity contribution < 1.29 is 23.8 Å². The second-order valence-electron chi connectivity index (χ2n) is 5.62. The molecule has 0 aliphatic heterocycles. The van der Waals surface area contributed by atoms with E-state index in [4.69, 9.17) is 4.74 Å². The Labute approximate surface area is 149 Å². The maximum absolute atomic E-state index is 12.5. The van der Waals surface area contributed by atoms with E-state index in [1.807, 2.05) is 6.92 Å². The molecular formula is C19H16N2O5. The van der Waals surface area contributed by atoms with Crippen molar-refractivity contribution in [3.05, 3.63) is 76.3 Å². The van der Waals surface area contributed by atoms with Gasteiger partial charge in [0, 0.05) is 6.07 Å². The molecule has 0 bridgehead atoms. The molecule has 0 atom stereocenters. The smallest absolute Gasteiger partial charge is 0.406 e. The monoisotopic (exact) mass is 352 g/mol. The van der Waals surface area contributed by atoms with Gasteiger partial charge < -0.3 is 14.7 Å². The van der Waals surface area contributed by atoms with Gasteiger partial charge >= 0.3 is 17.6 Å². The Bertz CT molecular complexity index is 983. The number of aromatic nitrogens is 2. The predicted molar refractivity (Wildman–Crippen MR) is 92.3 cm³/mol. The number of hydrogen-bond donors (Lipinski definition) is 0. The SMILES string of the molecule is COC(=O)c1c(COC(=O)c2ccc(C)cc2)nc2ccccc2[n+]1[O-]. The third-order valence-electron chi connectivity index (χ3n) is 3.84. The fraction of sp³-hybridized carbons (Fsp3) is 0.158. The summed E-state index contributed by atoms with van der Waals surface area (Å²) in [6.07, 6.45) is 0. The van der Waals surface area contributed by atoms with Crippen LogP contribution in [0.2, 0.25) is 0 Å². The summed E-state index contributed by atoms with van der Waals surface area (Å²) in [6.45, 7) is 1.58. The Hall–Kier alpha value is -3.48. The molecule has 3 aromatic rings. The van der Waals surface area contributed by atoms with Gasteiger partial charge in [-0.25, -0.2) is 14.6 Å². The van der Waals surface area contributed by atoms with Crippen LogP contribution in [-0.4, -0.2) is 24.0 Å². The van der Waals surface area contributed by atoms with Crippen LogP contribution in [-0.2, 0) is 16.1 Å². The summed E-state index contributed by atoms with van der Waals surface area (Å²) in [5, 5.41) is 12.5. The van der Waals surface area contributed by atoms with Crippen molar-refractivity contribution in [3.63, 3.8) is 0 Å². The summed E-state index contributed by atoms with van der Waals surface area (Å²) >= 11 is 0. The number of carbonyl (C=O) groups is 2. The number of esters is 2. The van der Waals surface area contributed by atoms with Crippen molar-refractivity contribution in [1.29, 1.82) is 0 Å². The molecule has 0 amide bonds. The molecule has 1 heterocycles. The van der Waals surface area contributed by atoms with E-state index in [2.05, 4.69) is 9.72 Å². The first kappa shape index (κ1) is 17.3. The number of fused-ring (bicyclic) bond motifs is 1. The molecule has 1 aromatic heterocycles. The van der Waals surface area contributed by atoms with Crippen LogP contribution < -0.4 is 4.73 Å². The molecule has 7 heteroatoms. The zero-order valence-corrected chi connectivity index (χ0v) is 14.3. The second-order valence-corrected chi connectivity index (χ2v) is 5.62. The molecule has 132 valence electrons. The molecule has 7 nitrogen and oxygen atoms in total. The van der Waals surface area contributed by atoms with Gasteiger partial charge in [0.25, 0.3) is 0 Å². The maximum Gasteiger partial charge on any atom is 0.406 e. The van der Waals surface area contributed by atoms with E-state index in [0.717, 1.165) is 5.56 Å². The minimum absolute atomic E-state index is 0.0333. The summed E-state index contributed by atoms with van der Waals surface area (Å²) in [6, 6.07) is 13.4. The Balaban J connectivity index is 1.94. The summed E-state index contributed by atoms with van der Waals surface area (Å²) in [7, 11) is 1.17. The highest BCUT2D eigenvalue weighted by Gasteiger charge is 2.27. The first-order chi connectivity index (χ1) is 12.5. The predicted octanol–water partition coefficient (Wildman–Crippen LogP) is 2.32. The third kappa shape index (κ3) is 3.32. The quantitative estimate of drug-likeness (QED) is 0.406. The number of rotatable bonds is 4. The highest BCUT2D eigenvalue weighted by molar-refractivity contribution is 5.90. The van der Waals surface area contributed by atoms with Crippen molar-refractivity contribution in [2.75, 3.05) is 7.11 Å². The normalized spacial score (nSPS) is 10.5. The third-order valence-corrected chi connectivity index (χ3v) is 3.84. The minimum atomic E-state index is -0.848.